The van der Waals surface area contributed by atoms with E-state index in [-0.39, 0.29) is 26.1 Å². The van der Waals surface area contributed by atoms with Crippen LogP contribution in [0.4, 0.5) is 0 Å². The van der Waals surface area contributed by atoms with Gasteiger partial charge in [-0.1, -0.05) is 223 Å². The highest BCUT2D eigenvalue weighted by atomic mass is 31.2. The van der Waals surface area contributed by atoms with E-state index < -0.39 is 32.5 Å². The largest absolute Gasteiger partial charge is 0.472 e. The molecule has 0 amide bonds. The van der Waals surface area contributed by atoms with E-state index in [9.17, 15) is 19.0 Å². The maximum Gasteiger partial charge on any atom is 0.472 e. The van der Waals surface area contributed by atoms with E-state index in [1.54, 1.807) is 0 Å². The Kier molecular flexibility index (Phi) is 53.7. The Labute approximate surface area is 477 Å². The highest BCUT2D eigenvalue weighted by Gasteiger charge is 2.27. The highest BCUT2D eigenvalue weighted by molar-refractivity contribution is 7.47. The maximum atomic E-state index is 12.8. The van der Waals surface area contributed by atoms with Gasteiger partial charge in [0.1, 0.15) is 19.8 Å². The molecule has 2 atom stereocenters. The summed E-state index contributed by atoms with van der Waals surface area (Å²) in [6.45, 7) is 4.12. The van der Waals surface area contributed by atoms with Crippen LogP contribution in [0, 0.1) is 0 Å². The van der Waals surface area contributed by atoms with Gasteiger partial charge in [-0.15, -0.1) is 0 Å². The fourth-order valence-electron chi connectivity index (χ4n) is 7.21. The molecule has 0 spiro atoms. The van der Waals surface area contributed by atoms with Gasteiger partial charge in [0.2, 0.25) is 0 Å². The summed E-state index contributed by atoms with van der Waals surface area (Å²) in [6.07, 6.45) is 87.0. The van der Waals surface area contributed by atoms with Crippen LogP contribution < -0.4 is 0 Å². The number of rotatable bonds is 52. The zero-order valence-electron chi connectivity index (χ0n) is 49.6. The molecule has 0 aromatic rings. The molecule has 0 aliphatic carbocycles. The summed E-state index contributed by atoms with van der Waals surface area (Å²) in [7, 11) is 1.42. The molecule has 0 aromatic carbocycles. The van der Waals surface area contributed by atoms with Crippen molar-refractivity contribution in [3.63, 3.8) is 0 Å². The number of carbonyl (C=O) groups is 2. The summed E-state index contributed by atoms with van der Waals surface area (Å²) >= 11 is 0. The van der Waals surface area contributed by atoms with Gasteiger partial charge >= 0.3 is 19.8 Å². The van der Waals surface area contributed by atoms with Gasteiger partial charge in [-0.2, -0.15) is 0 Å². The molecule has 0 radical (unpaired) electrons. The summed E-state index contributed by atoms with van der Waals surface area (Å²) in [5.41, 5.74) is 0. The van der Waals surface area contributed by atoms with Gasteiger partial charge in [0.15, 0.2) is 6.10 Å². The third-order valence-electron chi connectivity index (χ3n) is 11.7. The van der Waals surface area contributed by atoms with Gasteiger partial charge in [0.05, 0.1) is 27.7 Å². The lowest BCUT2D eigenvalue weighted by Crippen LogP contribution is -2.37. The Morgan fingerprint density at radius 2 is 0.692 bits per heavy atom. The first-order valence-corrected chi connectivity index (χ1v) is 31.4. The van der Waals surface area contributed by atoms with E-state index in [0.29, 0.717) is 23.9 Å². The van der Waals surface area contributed by atoms with E-state index >= 15 is 0 Å². The summed E-state index contributed by atoms with van der Waals surface area (Å²) in [5, 5.41) is 0. The van der Waals surface area contributed by atoms with Crippen molar-refractivity contribution >= 4 is 19.8 Å². The summed E-state index contributed by atoms with van der Waals surface area (Å²) in [6, 6.07) is 0. The number of likely N-dealkylation sites (N-methyl/N-ethyl adjacent to an activating group) is 1. The predicted molar refractivity (Wildman–Crippen MR) is 334 cm³/mol. The zero-order chi connectivity index (χ0) is 57.0. The monoisotopic (exact) mass is 1100 g/mol. The van der Waals surface area contributed by atoms with Crippen molar-refractivity contribution in [1.29, 1.82) is 0 Å². The van der Waals surface area contributed by atoms with Crippen LogP contribution in [0.3, 0.4) is 0 Å². The molecule has 0 saturated carbocycles. The van der Waals surface area contributed by atoms with E-state index in [0.717, 1.165) is 154 Å². The molecule has 0 heterocycles. The number of quaternary nitrogens is 1. The molecule has 0 aliphatic rings. The first-order chi connectivity index (χ1) is 38.0. The Bertz CT molecular complexity index is 1920. The van der Waals surface area contributed by atoms with Crippen LogP contribution in [0.5, 0.6) is 0 Å². The fourth-order valence-corrected chi connectivity index (χ4v) is 7.95. The second-order valence-electron chi connectivity index (χ2n) is 20.3. The summed E-state index contributed by atoms with van der Waals surface area (Å²) in [5.74, 6) is -0.859. The molecule has 0 bridgehead atoms. The normalized spacial score (nSPS) is 14.5. The number of ether oxygens (including phenoxy) is 2. The van der Waals surface area contributed by atoms with Gasteiger partial charge in [0.25, 0.3) is 0 Å². The molecule has 1 N–H and O–H groups in total. The molecule has 10 heteroatoms. The van der Waals surface area contributed by atoms with Gasteiger partial charge in [-0.25, -0.2) is 4.57 Å². The van der Waals surface area contributed by atoms with Crippen molar-refractivity contribution < 1.29 is 42.1 Å². The Hall–Kier alpha value is -4.63. The minimum Gasteiger partial charge on any atom is -0.462 e. The Morgan fingerprint density at radius 3 is 1.03 bits per heavy atom. The van der Waals surface area contributed by atoms with E-state index in [1.807, 2.05) is 21.1 Å². The summed E-state index contributed by atoms with van der Waals surface area (Å²) < 4.78 is 34.5. The van der Waals surface area contributed by atoms with Crippen molar-refractivity contribution in [2.45, 2.75) is 200 Å². The van der Waals surface area contributed by atoms with Crippen molar-refractivity contribution in [1.82, 2.24) is 0 Å². The second-order valence-corrected chi connectivity index (χ2v) is 21.7. The minimum atomic E-state index is -4.41. The van der Waals surface area contributed by atoms with E-state index in [2.05, 4.69) is 184 Å². The van der Waals surface area contributed by atoms with Crippen molar-refractivity contribution in [3.8, 4) is 0 Å². The van der Waals surface area contributed by atoms with Gasteiger partial charge < -0.3 is 18.9 Å². The predicted octanol–water partition coefficient (Wildman–Crippen LogP) is 19.0. The molecule has 9 nitrogen and oxygen atoms in total. The average molecular weight is 1100 g/mol. The molecule has 0 aliphatic heterocycles. The van der Waals surface area contributed by atoms with Crippen LogP contribution in [-0.4, -0.2) is 74.9 Å². The number of phosphoric acid groups is 1. The molecular formula is C68H109NO8P+. The smallest absolute Gasteiger partial charge is 0.462 e. The lowest BCUT2D eigenvalue weighted by Gasteiger charge is -2.24. The van der Waals surface area contributed by atoms with Crippen molar-refractivity contribution in [3.05, 3.63) is 170 Å². The maximum absolute atomic E-state index is 12.8. The number of hydrogen-bond acceptors (Lipinski definition) is 7. The number of hydrogen-bond donors (Lipinski definition) is 1. The lowest BCUT2D eigenvalue weighted by molar-refractivity contribution is -0.870. The van der Waals surface area contributed by atoms with Gasteiger partial charge in [-0.05, 0) is 128 Å². The number of unbranched alkanes of at least 4 members (excludes halogenated alkanes) is 10. The number of carbonyl (C=O) groups excluding carboxylic acids is 2. The van der Waals surface area contributed by atoms with Crippen LogP contribution in [0.1, 0.15) is 194 Å². The van der Waals surface area contributed by atoms with Crippen molar-refractivity contribution in [2.24, 2.45) is 0 Å². The molecule has 78 heavy (non-hydrogen) atoms. The molecule has 0 aromatic heterocycles. The number of allylic oxidation sites excluding steroid dienone is 28. The molecule has 0 fully saturated rings. The van der Waals surface area contributed by atoms with E-state index in [1.165, 1.54) is 0 Å². The van der Waals surface area contributed by atoms with Gasteiger partial charge in [0, 0.05) is 12.8 Å². The first kappa shape index (κ1) is 73.4. The lowest BCUT2D eigenvalue weighted by atomic mass is 10.1. The average Bonchev–Trinajstić information content (AvgIpc) is 3.41. The SMILES string of the molecule is CC/C=C\C/C=C\C/C=C\C/C=C\C/C=C\C/C=C\C/C=C\CCCCCCCC(=O)OCC(COP(=O)(O)OCC[N+](C)(C)C)OC(=O)CCCCCCC/C=C\C/C=C\C/C=C\C/C=C\C/C=C\C/C=C\C/C=C\CC. The third kappa shape index (κ3) is 60.6. The number of nitrogens with zero attached hydrogens (tertiary/aromatic N) is 1. The van der Waals surface area contributed by atoms with Crippen LogP contribution in [0.2, 0.25) is 0 Å². The second kappa shape index (κ2) is 57.1. The molecule has 0 saturated heterocycles. The molecular weight excluding hydrogens is 990 g/mol. The first-order valence-electron chi connectivity index (χ1n) is 29.9. The van der Waals surface area contributed by atoms with Crippen LogP contribution >= 0.6 is 7.82 Å². The third-order valence-corrected chi connectivity index (χ3v) is 12.7. The Balaban J connectivity index is 4.32. The Morgan fingerprint density at radius 1 is 0.397 bits per heavy atom. The summed E-state index contributed by atoms with van der Waals surface area (Å²) in [4.78, 5) is 35.7. The van der Waals surface area contributed by atoms with E-state index in [4.69, 9.17) is 18.5 Å². The number of esters is 2. The van der Waals surface area contributed by atoms with Crippen LogP contribution in [-0.2, 0) is 32.7 Å². The minimum absolute atomic E-state index is 0.0130. The van der Waals surface area contributed by atoms with Crippen molar-refractivity contribution in [2.75, 3.05) is 47.5 Å². The topological polar surface area (TPSA) is 108 Å². The standard InChI is InChI=1S/C68H108NO8P/c1-6-8-10-12-14-16-18-20-22-24-26-28-30-32-34-36-38-40-42-44-46-48-50-52-54-56-58-60-67(70)74-64-66(65-76-78(72,73)75-63-62-69(3,4)5)77-68(71)61-59-57-55-53-51-49-47-45-43-41-39-37-35-33-31-29-27-25-23-21-19-17-15-13-11-9-7-2/h8-11,14-17,20-23,26-29,32-35,38-41,44-47,66H,6-7,12-13,18-19,24-25,30-31,36-37,42-43,48-65H2,1-5H3/p+1/b10-8-,11-9-,16-14-,17-15-,22-20-,23-21-,28-26-,29-27-,34-32-,35-33-,40-38-,41-39-,46-44-,47-45-. The molecule has 438 valence electrons. The van der Waals surface area contributed by atoms with Crippen LogP contribution in [0.15, 0.2) is 170 Å². The van der Waals surface area contributed by atoms with Gasteiger partial charge in [-0.3, -0.25) is 18.6 Å². The molecule has 0 rings (SSSR count). The quantitative estimate of drug-likeness (QED) is 0.0211. The molecule has 2 unspecified atom stereocenters. The highest BCUT2D eigenvalue weighted by Crippen LogP contribution is 2.43. The van der Waals surface area contributed by atoms with Crippen LogP contribution in [0.25, 0.3) is 0 Å². The fraction of sp³-hybridized carbons (Fsp3) is 0.559. The number of phosphoric ester groups is 1. The zero-order valence-corrected chi connectivity index (χ0v) is 50.5.